The van der Waals surface area contributed by atoms with Crippen molar-refractivity contribution in [3.8, 4) is 0 Å². The van der Waals surface area contributed by atoms with E-state index in [9.17, 15) is 19.8 Å². The number of ketones is 1. The van der Waals surface area contributed by atoms with Crippen LogP contribution < -0.4 is 11.1 Å². The molecule has 0 saturated carbocycles. The molecule has 0 aliphatic carbocycles. The van der Waals surface area contributed by atoms with Crippen LogP contribution in [-0.4, -0.2) is 78.0 Å². The number of fused-ring (bicyclic) bond motifs is 1. The van der Waals surface area contributed by atoms with Crippen LogP contribution in [0.2, 0.25) is 0 Å². The molecule has 2 aromatic heterocycles. The minimum Gasteiger partial charge on any atom is -0.475 e. The van der Waals surface area contributed by atoms with Gasteiger partial charge in [0.1, 0.15) is 30.2 Å². The molecule has 174 valence electrons. The molecule has 0 unspecified atom stereocenters. The number of anilines is 1. The maximum Gasteiger partial charge on any atom is 0.377 e. The second kappa shape index (κ2) is 9.58. The Kier molecular flexibility index (Phi) is 6.60. The van der Waals surface area contributed by atoms with E-state index in [1.165, 1.54) is 29.4 Å². The van der Waals surface area contributed by atoms with E-state index in [1.54, 1.807) is 12.1 Å². The lowest BCUT2D eigenvalue weighted by Crippen LogP contribution is -2.38. The molecule has 1 aromatic carbocycles. The van der Waals surface area contributed by atoms with Crippen molar-refractivity contribution >= 4 is 28.7 Å². The number of aliphatic hydroxyl groups is 2. The van der Waals surface area contributed by atoms with E-state index < -0.39 is 36.3 Å². The van der Waals surface area contributed by atoms with E-state index in [1.807, 2.05) is 0 Å². The van der Waals surface area contributed by atoms with Gasteiger partial charge in [-0.3, -0.25) is 9.36 Å². The summed E-state index contributed by atoms with van der Waals surface area (Å²) >= 11 is 0. The summed E-state index contributed by atoms with van der Waals surface area (Å²) in [5.74, 6) is -2.19. The van der Waals surface area contributed by atoms with Gasteiger partial charge in [0.05, 0.1) is 6.33 Å². The average molecular weight is 456 g/mol. The van der Waals surface area contributed by atoms with E-state index in [0.29, 0.717) is 24.3 Å². The number of nitrogen functional groups attached to an aromatic ring is 1. The molecule has 4 rings (SSSR count). The van der Waals surface area contributed by atoms with Crippen LogP contribution in [0.3, 0.4) is 0 Å². The summed E-state index contributed by atoms with van der Waals surface area (Å²) in [7, 11) is 0. The van der Waals surface area contributed by atoms with Gasteiger partial charge in [0.2, 0.25) is 0 Å². The second-order valence-corrected chi connectivity index (χ2v) is 7.77. The van der Waals surface area contributed by atoms with Gasteiger partial charge in [-0.15, -0.1) is 0 Å². The summed E-state index contributed by atoms with van der Waals surface area (Å²) in [6, 6.07) is 6.46. The molecule has 12 heteroatoms. The highest BCUT2D eigenvalue weighted by Gasteiger charge is 2.44. The van der Waals surface area contributed by atoms with Gasteiger partial charge < -0.3 is 31.1 Å². The van der Waals surface area contributed by atoms with Gasteiger partial charge in [0.25, 0.3) is 5.78 Å². The fraction of sp³-hybridized carbons (Fsp3) is 0.381. The molecule has 4 atom stereocenters. The first-order chi connectivity index (χ1) is 15.9. The molecule has 1 aliphatic heterocycles. The Morgan fingerprint density at radius 2 is 1.88 bits per heavy atom. The third-order valence-electron chi connectivity index (χ3n) is 5.57. The molecular formula is C21H24N6O6. The van der Waals surface area contributed by atoms with E-state index in [-0.39, 0.29) is 11.4 Å². The van der Waals surface area contributed by atoms with Crippen LogP contribution in [0.4, 0.5) is 5.82 Å². The van der Waals surface area contributed by atoms with E-state index in [0.717, 1.165) is 18.4 Å². The Hall–Kier alpha value is -3.45. The molecule has 0 radical (unpaired) electrons. The second-order valence-electron chi connectivity index (χ2n) is 7.77. The lowest BCUT2D eigenvalue weighted by atomic mass is 10.0. The van der Waals surface area contributed by atoms with Crippen LogP contribution in [0.1, 0.15) is 28.6 Å². The van der Waals surface area contributed by atoms with Gasteiger partial charge in [0.15, 0.2) is 17.7 Å². The molecule has 3 heterocycles. The summed E-state index contributed by atoms with van der Waals surface area (Å²) in [6.45, 7) is 0.950. The lowest BCUT2D eigenvalue weighted by Gasteiger charge is -2.16. The summed E-state index contributed by atoms with van der Waals surface area (Å²) < 4.78 is 7.41. The zero-order valence-corrected chi connectivity index (χ0v) is 17.5. The monoisotopic (exact) mass is 456 g/mol. The highest BCUT2D eigenvalue weighted by atomic mass is 16.6. The van der Waals surface area contributed by atoms with Crippen LogP contribution in [-0.2, 0) is 16.0 Å². The average Bonchev–Trinajstić information content (AvgIpc) is 3.36. The van der Waals surface area contributed by atoms with Gasteiger partial charge in [-0.05, 0) is 24.9 Å². The number of aliphatic hydroxyl groups excluding tert-OH is 2. The quantitative estimate of drug-likeness (QED) is 0.159. The van der Waals surface area contributed by atoms with Crippen molar-refractivity contribution in [2.45, 2.75) is 37.4 Å². The molecular weight excluding hydrogens is 432 g/mol. The molecule has 0 bridgehead atoms. The molecule has 33 heavy (non-hydrogen) atoms. The number of nitrogens with two attached hydrogens (primary N) is 1. The number of Topliss-reactive ketones (excluding diaryl/α,β-unsaturated/α-hetero) is 1. The molecule has 0 spiro atoms. The van der Waals surface area contributed by atoms with Crippen molar-refractivity contribution in [2.75, 3.05) is 18.8 Å². The van der Waals surface area contributed by atoms with Gasteiger partial charge >= 0.3 is 5.97 Å². The van der Waals surface area contributed by atoms with Gasteiger partial charge in [-0.25, -0.2) is 19.7 Å². The van der Waals surface area contributed by atoms with Gasteiger partial charge in [-0.2, -0.15) is 0 Å². The molecule has 1 fully saturated rings. The molecule has 3 aromatic rings. The highest BCUT2D eigenvalue weighted by molar-refractivity contribution is 6.39. The Morgan fingerprint density at radius 3 is 2.61 bits per heavy atom. The van der Waals surface area contributed by atoms with Crippen molar-refractivity contribution in [2.24, 2.45) is 0 Å². The van der Waals surface area contributed by atoms with Crippen LogP contribution >= 0.6 is 0 Å². The van der Waals surface area contributed by atoms with Crippen molar-refractivity contribution in [3.63, 3.8) is 0 Å². The summed E-state index contributed by atoms with van der Waals surface area (Å²) in [6.07, 6.45) is 0.460. The van der Waals surface area contributed by atoms with E-state index in [2.05, 4.69) is 20.3 Å². The van der Waals surface area contributed by atoms with Crippen LogP contribution in [0.25, 0.3) is 11.2 Å². The third kappa shape index (κ3) is 4.68. The topological polar surface area (TPSA) is 186 Å². The number of ether oxygens (including phenoxy) is 1. The molecule has 0 amide bonds. The SMILES string of the molecule is Nc1ncnc2c1ncn2[C@@H]1O[C@H](CNCCCc2ccc(C(=O)C(=O)O)cc2)[C@@H](O)[C@H]1O. The number of aliphatic carboxylic acids is 1. The first-order valence-corrected chi connectivity index (χ1v) is 10.4. The van der Waals surface area contributed by atoms with Crippen molar-refractivity contribution in [1.29, 1.82) is 0 Å². The number of nitrogens with one attached hydrogen (secondary N) is 1. The zero-order valence-electron chi connectivity index (χ0n) is 17.5. The summed E-state index contributed by atoms with van der Waals surface area (Å²) in [5, 5.41) is 32.9. The van der Waals surface area contributed by atoms with Crippen LogP contribution in [0.5, 0.6) is 0 Å². The summed E-state index contributed by atoms with van der Waals surface area (Å²) in [5.41, 5.74) is 7.71. The minimum absolute atomic E-state index is 0.143. The Bertz CT molecular complexity index is 1150. The highest BCUT2D eigenvalue weighted by Crippen LogP contribution is 2.31. The molecule has 1 aliphatic rings. The fourth-order valence-corrected chi connectivity index (χ4v) is 3.79. The van der Waals surface area contributed by atoms with Crippen LogP contribution in [0, 0.1) is 0 Å². The largest absolute Gasteiger partial charge is 0.475 e. The van der Waals surface area contributed by atoms with Gasteiger partial charge in [-0.1, -0.05) is 24.3 Å². The fourth-order valence-electron chi connectivity index (χ4n) is 3.79. The van der Waals surface area contributed by atoms with Crippen LogP contribution in [0.15, 0.2) is 36.9 Å². The summed E-state index contributed by atoms with van der Waals surface area (Å²) in [4.78, 5) is 34.3. The van der Waals surface area contributed by atoms with E-state index in [4.69, 9.17) is 15.6 Å². The Morgan fingerprint density at radius 1 is 1.12 bits per heavy atom. The zero-order chi connectivity index (χ0) is 23.5. The number of carbonyl (C=O) groups is 2. The number of carbonyl (C=O) groups excluding carboxylic acids is 1. The number of rotatable bonds is 9. The number of imidazole rings is 1. The number of carboxylic acids is 1. The number of hydrogen-bond acceptors (Lipinski definition) is 10. The Balaban J connectivity index is 1.27. The van der Waals surface area contributed by atoms with Gasteiger partial charge in [0, 0.05) is 12.1 Å². The van der Waals surface area contributed by atoms with Crippen molar-refractivity contribution in [1.82, 2.24) is 24.8 Å². The number of nitrogens with zero attached hydrogens (tertiary/aromatic N) is 4. The molecule has 6 N–H and O–H groups in total. The maximum atomic E-state index is 11.4. The maximum absolute atomic E-state index is 11.4. The molecule has 12 nitrogen and oxygen atoms in total. The number of benzene rings is 1. The lowest BCUT2D eigenvalue weighted by molar-refractivity contribution is -0.131. The normalized spacial score (nSPS) is 22.6. The van der Waals surface area contributed by atoms with Crippen molar-refractivity contribution in [3.05, 3.63) is 48.0 Å². The Labute approximate surface area is 188 Å². The third-order valence-corrected chi connectivity index (χ3v) is 5.57. The predicted molar refractivity (Wildman–Crippen MR) is 115 cm³/mol. The first-order valence-electron chi connectivity index (χ1n) is 10.4. The van der Waals surface area contributed by atoms with Crippen molar-refractivity contribution < 1.29 is 29.6 Å². The molecule has 1 saturated heterocycles. The number of aromatic nitrogens is 4. The predicted octanol–water partition coefficient (Wildman–Crippen LogP) is -0.483. The standard InChI is InChI=1S/C21H24N6O6/c22-18-14-19(25-9-24-18)27(10-26-14)20-17(30)16(29)13(33-20)8-23-7-1-2-11-3-5-12(6-4-11)15(28)21(31)32/h3-6,9-10,13,16-17,20,23,29-30H,1-2,7-8H2,(H,31,32)(H2,22,24,25)/t13-,16-,17-,20-/m1/s1. The number of aryl methyl sites for hydroxylation is 1. The number of carboxylic acid groups (broad SMARTS) is 1. The number of hydrogen-bond donors (Lipinski definition) is 5. The minimum atomic E-state index is -1.48. The van der Waals surface area contributed by atoms with E-state index >= 15 is 0 Å². The first kappa shape index (κ1) is 22.7. The smallest absolute Gasteiger partial charge is 0.377 e.